The summed E-state index contributed by atoms with van der Waals surface area (Å²) in [7, 11) is 1.34. The number of carbonyl (C=O) groups excluding carboxylic acids is 2. The molecular formula is C20H23N3O4S. The summed E-state index contributed by atoms with van der Waals surface area (Å²) in [5.74, 6) is 0.346. The Labute approximate surface area is 166 Å². The second-order valence-corrected chi connectivity index (χ2v) is 8.31. The van der Waals surface area contributed by atoms with Crippen LogP contribution in [0.2, 0.25) is 0 Å². The van der Waals surface area contributed by atoms with Crippen LogP contribution in [0.15, 0.2) is 29.1 Å². The normalized spacial score (nSPS) is 20.2. The zero-order valence-electron chi connectivity index (χ0n) is 15.7. The first kappa shape index (κ1) is 18.9. The molecule has 1 aliphatic heterocycles. The number of fused-ring (bicyclic) bond motifs is 1. The largest absolute Gasteiger partial charge is 0.465 e. The Kier molecular flexibility index (Phi) is 5.30. The van der Waals surface area contributed by atoms with Crippen molar-refractivity contribution in [1.82, 2.24) is 9.78 Å². The van der Waals surface area contributed by atoms with Gasteiger partial charge in [0.05, 0.1) is 35.3 Å². The van der Waals surface area contributed by atoms with Crippen molar-refractivity contribution in [3.8, 4) is 0 Å². The molecule has 0 bridgehead atoms. The predicted molar refractivity (Wildman–Crippen MR) is 108 cm³/mol. The SMILES string of the molecule is COC(=O)c1ccc(C2SCC(=O)Nc3c2c(=O)[nH]n3C2CCCCC2)cc1. The number of methoxy groups -OCH3 is 1. The number of amides is 1. The minimum absolute atomic E-state index is 0.108. The highest BCUT2D eigenvalue weighted by atomic mass is 32.2. The highest BCUT2D eigenvalue weighted by molar-refractivity contribution is 8.00. The van der Waals surface area contributed by atoms with Gasteiger partial charge < -0.3 is 10.1 Å². The number of nitrogens with one attached hydrogen (secondary N) is 2. The Morgan fingerprint density at radius 2 is 1.86 bits per heavy atom. The summed E-state index contributed by atoms with van der Waals surface area (Å²) < 4.78 is 6.62. The van der Waals surface area contributed by atoms with Gasteiger partial charge in [-0.2, -0.15) is 0 Å². The number of aromatic amines is 1. The Morgan fingerprint density at radius 1 is 1.14 bits per heavy atom. The fraction of sp³-hybridized carbons (Fsp3) is 0.450. The van der Waals surface area contributed by atoms with Gasteiger partial charge in [0.2, 0.25) is 5.91 Å². The zero-order valence-corrected chi connectivity index (χ0v) is 16.5. The van der Waals surface area contributed by atoms with Crippen LogP contribution in [0.4, 0.5) is 5.82 Å². The van der Waals surface area contributed by atoms with Crippen molar-refractivity contribution in [2.75, 3.05) is 18.2 Å². The van der Waals surface area contributed by atoms with Crippen LogP contribution in [-0.2, 0) is 9.53 Å². The van der Waals surface area contributed by atoms with Gasteiger partial charge in [0, 0.05) is 0 Å². The second kappa shape index (κ2) is 7.87. The number of H-pyrrole nitrogens is 1. The van der Waals surface area contributed by atoms with E-state index in [-0.39, 0.29) is 28.5 Å². The average molecular weight is 401 g/mol. The van der Waals surface area contributed by atoms with Crippen molar-refractivity contribution < 1.29 is 14.3 Å². The van der Waals surface area contributed by atoms with E-state index in [1.807, 2.05) is 16.8 Å². The number of nitrogens with zero attached hydrogens (tertiary/aromatic N) is 1. The maximum Gasteiger partial charge on any atom is 0.337 e. The smallest absolute Gasteiger partial charge is 0.337 e. The number of thioether (sulfide) groups is 1. The molecule has 2 N–H and O–H groups in total. The molecule has 1 unspecified atom stereocenters. The summed E-state index contributed by atoms with van der Waals surface area (Å²) in [6.45, 7) is 0. The second-order valence-electron chi connectivity index (χ2n) is 7.22. The van der Waals surface area contributed by atoms with E-state index < -0.39 is 5.97 Å². The zero-order chi connectivity index (χ0) is 19.7. The van der Waals surface area contributed by atoms with Crippen LogP contribution in [0.5, 0.6) is 0 Å². The first-order valence-corrected chi connectivity index (χ1v) is 10.6. The van der Waals surface area contributed by atoms with Crippen molar-refractivity contribution in [2.24, 2.45) is 0 Å². The molecule has 1 aliphatic carbocycles. The number of ether oxygens (including phenoxy) is 1. The number of esters is 1. The number of benzene rings is 1. The lowest BCUT2D eigenvalue weighted by Gasteiger charge is -2.24. The summed E-state index contributed by atoms with van der Waals surface area (Å²) in [6, 6.07) is 7.22. The maximum absolute atomic E-state index is 12.9. The molecule has 1 aromatic carbocycles. The van der Waals surface area contributed by atoms with Gasteiger partial charge in [-0.05, 0) is 30.5 Å². The molecule has 7 nitrogen and oxygen atoms in total. The van der Waals surface area contributed by atoms with Crippen LogP contribution < -0.4 is 10.9 Å². The monoisotopic (exact) mass is 401 g/mol. The van der Waals surface area contributed by atoms with E-state index in [2.05, 4.69) is 10.4 Å². The van der Waals surface area contributed by atoms with E-state index in [0.717, 1.165) is 31.2 Å². The molecule has 2 aromatic rings. The van der Waals surface area contributed by atoms with Gasteiger partial charge in [0.25, 0.3) is 5.56 Å². The van der Waals surface area contributed by atoms with Crippen molar-refractivity contribution in [3.63, 3.8) is 0 Å². The molecule has 28 heavy (non-hydrogen) atoms. The third-order valence-corrected chi connectivity index (χ3v) is 6.71. The van der Waals surface area contributed by atoms with E-state index in [1.54, 1.807) is 12.1 Å². The van der Waals surface area contributed by atoms with Crippen molar-refractivity contribution >= 4 is 29.5 Å². The van der Waals surface area contributed by atoms with Gasteiger partial charge in [-0.25, -0.2) is 4.79 Å². The number of hydrogen-bond acceptors (Lipinski definition) is 5. The summed E-state index contributed by atoms with van der Waals surface area (Å²) in [5.41, 5.74) is 1.74. The Morgan fingerprint density at radius 3 is 2.54 bits per heavy atom. The molecule has 2 aliphatic rings. The maximum atomic E-state index is 12.9. The van der Waals surface area contributed by atoms with Gasteiger partial charge in [0.15, 0.2) is 0 Å². The minimum Gasteiger partial charge on any atom is -0.465 e. The molecule has 2 heterocycles. The van der Waals surface area contributed by atoms with Crippen molar-refractivity contribution in [1.29, 1.82) is 0 Å². The molecule has 1 amide bonds. The van der Waals surface area contributed by atoms with Gasteiger partial charge in [-0.15, -0.1) is 11.8 Å². The highest BCUT2D eigenvalue weighted by Crippen LogP contribution is 2.41. The number of rotatable bonds is 3. The van der Waals surface area contributed by atoms with Gasteiger partial charge in [-0.3, -0.25) is 19.4 Å². The first-order valence-electron chi connectivity index (χ1n) is 9.52. The van der Waals surface area contributed by atoms with Crippen LogP contribution in [0.3, 0.4) is 0 Å². The Hall–Kier alpha value is -2.48. The number of anilines is 1. The summed E-state index contributed by atoms with van der Waals surface area (Å²) >= 11 is 1.42. The fourth-order valence-corrected chi connectivity index (χ4v) is 5.16. The lowest BCUT2D eigenvalue weighted by atomic mass is 9.95. The van der Waals surface area contributed by atoms with E-state index in [0.29, 0.717) is 16.9 Å². The summed E-state index contributed by atoms with van der Waals surface area (Å²) in [6.07, 6.45) is 5.46. The fourth-order valence-electron chi connectivity index (χ4n) is 4.03. The third kappa shape index (κ3) is 3.48. The van der Waals surface area contributed by atoms with Crippen LogP contribution in [0.25, 0.3) is 0 Å². The third-order valence-electron chi connectivity index (χ3n) is 5.44. The number of carbonyl (C=O) groups is 2. The molecule has 0 saturated heterocycles. The van der Waals surface area contributed by atoms with Crippen LogP contribution in [0, 0.1) is 0 Å². The average Bonchev–Trinajstić information content (AvgIpc) is 2.93. The molecule has 1 fully saturated rings. The van der Waals surface area contributed by atoms with E-state index in [4.69, 9.17) is 4.74 Å². The minimum atomic E-state index is -0.404. The number of aromatic nitrogens is 2. The molecule has 1 aromatic heterocycles. The van der Waals surface area contributed by atoms with E-state index in [1.165, 1.54) is 25.3 Å². The molecule has 1 saturated carbocycles. The quantitative estimate of drug-likeness (QED) is 0.770. The molecule has 1 atom stereocenters. The van der Waals surface area contributed by atoms with Crippen molar-refractivity contribution in [2.45, 2.75) is 43.4 Å². The molecule has 0 spiro atoms. The van der Waals surface area contributed by atoms with Crippen LogP contribution in [0.1, 0.15) is 64.9 Å². The van der Waals surface area contributed by atoms with E-state index >= 15 is 0 Å². The summed E-state index contributed by atoms with van der Waals surface area (Å²) in [5, 5.41) is 5.63. The van der Waals surface area contributed by atoms with Gasteiger partial charge in [0.1, 0.15) is 5.82 Å². The standard InChI is InChI=1S/C20H23N3O4S/c1-27-20(26)13-9-7-12(8-10-13)17-16-18(21-15(24)11-28-17)23(22-19(16)25)14-5-3-2-4-6-14/h7-10,14,17H,2-6,11H2,1H3,(H,21,24)(H,22,25). The number of hydrogen-bond donors (Lipinski definition) is 2. The lowest BCUT2D eigenvalue weighted by Crippen LogP contribution is -2.21. The Balaban J connectivity index is 1.75. The molecule has 4 rings (SSSR count). The van der Waals surface area contributed by atoms with Crippen molar-refractivity contribution in [3.05, 3.63) is 51.3 Å². The molecule has 0 radical (unpaired) electrons. The predicted octanol–water partition coefficient (Wildman–Crippen LogP) is 3.24. The van der Waals surface area contributed by atoms with Crippen LogP contribution >= 0.6 is 11.8 Å². The molecule has 8 heteroatoms. The Bertz CT molecular complexity index is 941. The van der Waals surface area contributed by atoms with Gasteiger partial charge in [-0.1, -0.05) is 31.4 Å². The molecular weight excluding hydrogens is 378 g/mol. The lowest BCUT2D eigenvalue weighted by molar-refractivity contribution is -0.113. The first-order chi connectivity index (χ1) is 13.6. The van der Waals surface area contributed by atoms with E-state index in [9.17, 15) is 14.4 Å². The highest BCUT2D eigenvalue weighted by Gasteiger charge is 2.32. The molecule has 148 valence electrons. The summed E-state index contributed by atoms with van der Waals surface area (Å²) in [4.78, 5) is 36.9. The van der Waals surface area contributed by atoms with Gasteiger partial charge >= 0.3 is 5.97 Å². The topological polar surface area (TPSA) is 93.2 Å². The van der Waals surface area contributed by atoms with Crippen LogP contribution in [-0.4, -0.2) is 34.5 Å².